The van der Waals surface area contributed by atoms with Crippen LogP contribution in [0.25, 0.3) is 0 Å². The van der Waals surface area contributed by atoms with Crippen LogP contribution in [-0.4, -0.2) is 50.8 Å². The van der Waals surface area contributed by atoms with Crippen molar-refractivity contribution in [3.63, 3.8) is 0 Å². The van der Waals surface area contributed by atoms with Crippen LogP contribution in [0.5, 0.6) is 0 Å². The van der Waals surface area contributed by atoms with Gasteiger partial charge in [-0.25, -0.2) is 0 Å². The first-order valence-electron chi connectivity index (χ1n) is 5.97. The Morgan fingerprint density at radius 1 is 1.35 bits per heavy atom. The molecule has 0 aromatic rings. The second-order valence-corrected chi connectivity index (χ2v) is 3.58. The van der Waals surface area contributed by atoms with Gasteiger partial charge in [0.1, 0.15) is 0 Å². The first-order valence-corrected chi connectivity index (χ1v) is 5.97. The summed E-state index contributed by atoms with van der Waals surface area (Å²) in [4.78, 5) is 13.5. The SMILES string of the molecule is CCOCCCC(=O)N(CCC#N)CCOC. The van der Waals surface area contributed by atoms with Gasteiger partial charge in [-0.2, -0.15) is 5.26 Å². The highest BCUT2D eigenvalue weighted by molar-refractivity contribution is 5.76. The van der Waals surface area contributed by atoms with E-state index in [1.54, 1.807) is 12.0 Å². The van der Waals surface area contributed by atoms with Crippen LogP contribution in [0.15, 0.2) is 0 Å². The Bertz CT molecular complexity index is 238. The molecule has 0 rings (SSSR count). The van der Waals surface area contributed by atoms with Crippen LogP contribution in [0, 0.1) is 11.3 Å². The number of hydrogen-bond donors (Lipinski definition) is 0. The highest BCUT2D eigenvalue weighted by Crippen LogP contribution is 2.00. The highest BCUT2D eigenvalue weighted by Gasteiger charge is 2.12. The van der Waals surface area contributed by atoms with Gasteiger partial charge in [0.2, 0.25) is 5.91 Å². The molecule has 0 radical (unpaired) electrons. The van der Waals surface area contributed by atoms with Gasteiger partial charge in [0.05, 0.1) is 19.1 Å². The molecule has 1 amide bonds. The minimum Gasteiger partial charge on any atom is -0.383 e. The van der Waals surface area contributed by atoms with Crippen molar-refractivity contribution in [3.05, 3.63) is 0 Å². The standard InChI is InChI=1S/C12H22N2O3/c1-3-17-10-4-6-12(15)14(8-5-7-13)9-11-16-2/h3-6,8-11H2,1-2H3. The summed E-state index contributed by atoms with van der Waals surface area (Å²) in [6.45, 7) is 4.75. The van der Waals surface area contributed by atoms with E-state index in [1.165, 1.54) is 0 Å². The Morgan fingerprint density at radius 2 is 2.12 bits per heavy atom. The maximum absolute atomic E-state index is 11.8. The van der Waals surface area contributed by atoms with Crippen LogP contribution in [0.3, 0.4) is 0 Å². The molecule has 0 heterocycles. The quantitative estimate of drug-likeness (QED) is 0.540. The van der Waals surface area contributed by atoms with E-state index >= 15 is 0 Å². The second kappa shape index (κ2) is 11.4. The van der Waals surface area contributed by atoms with Crippen molar-refractivity contribution in [2.75, 3.05) is 40.0 Å². The molecular formula is C12H22N2O3. The van der Waals surface area contributed by atoms with E-state index in [-0.39, 0.29) is 5.91 Å². The Labute approximate surface area is 103 Å². The number of carbonyl (C=O) groups is 1. The normalized spacial score (nSPS) is 9.94. The molecule has 5 heteroatoms. The van der Waals surface area contributed by atoms with Crippen molar-refractivity contribution < 1.29 is 14.3 Å². The molecule has 0 aromatic carbocycles. The molecule has 0 fully saturated rings. The third kappa shape index (κ3) is 8.66. The van der Waals surface area contributed by atoms with E-state index in [4.69, 9.17) is 14.7 Å². The second-order valence-electron chi connectivity index (χ2n) is 3.58. The summed E-state index contributed by atoms with van der Waals surface area (Å²) in [5.41, 5.74) is 0. The van der Waals surface area contributed by atoms with Gasteiger partial charge in [-0.05, 0) is 13.3 Å². The lowest BCUT2D eigenvalue weighted by Gasteiger charge is -2.21. The van der Waals surface area contributed by atoms with Crippen molar-refractivity contribution in [2.45, 2.75) is 26.2 Å². The maximum atomic E-state index is 11.8. The lowest BCUT2D eigenvalue weighted by molar-refractivity contribution is -0.132. The predicted molar refractivity (Wildman–Crippen MR) is 64.4 cm³/mol. The molecule has 0 saturated heterocycles. The molecule has 0 aliphatic rings. The average molecular weight is 242 g/mol. The van der Waals surface area contributed by atoms with E-state index in [0.717, 1.165) is 6.42 Å². The van der Waals surface area contributed by atoms with Crippen molar-refractivity contribution in [1.29, 1.82) is 5.26 Å². The minimum atomic E-state index is 0.0667. The van der Waals surface area contributed by atoms with Gasteiger partial charge >= 0.3 is 0 Å². The maximum Gasteiger partial charge on any atom is 0.222 e. The summed E-state index contributed by atoms with van der Waals surface area (Å²) in [6, 6.07) is 2.05. The van der Waals surface area contributed by atoms with Gasteiger partial charge in [0.25, 0.3) is 0 Å². The Kier molecular flexibility index (Phi) is 10.6. The fourth-order valence-electron chi connectivity index (χ4n) is 1.38. The van der Waals surface area contributed by atoms with Crippen molar-refractivity contribution >= 4 is 5.91 Å². The first kappa shape index (κ1) is 15.9. The number of carbonyl (C=O) groups excluding carboxylic acids is 1. The topological polar surface area (TPSA) is 62.6 Å². The lowest BCUT2D eigenvalue weighted by Crippen LogP contribution is -2.34. The summed E-state index contributed by atoms with van der Waals surface area (Å²) >= 11 is 0. The van der Waals surface area contributed by atoms with E-state index in [1.807, 2.05) is 13.0 Å². The number of rotatable bonds is 10. The molecule has 98 valence electrons. The summed E-state index contributed by atoms with van der Waals surface area (Å²) in [7, 11) is 1.60. The van der Waals surface area contributed by atoms with E-state index < -0.39 is 0 Å². The van der Waals surface area contributed by atoms with Gasteiger partial charge in [-0.3, -0.25) is 4.79 Å². The molecule has 0 aromatic heterocycles. The predicted octanol–water partition coefficient (Wildman–Crippen LogP) is 1.19. The van der Waals surface area contributed by atoms with E-state index in [0.29, 0.717) is 45.8 Å². The molecule has 5 nitrogen and oxygen atoms in total. The van der Waals surface area contributed by atoms with E-state index in [2.05, 4.69) is 0 Å². The van der Waals surface area contributed by atoms with Crippen LogP contribution in [0.1, 0.15) is 26.2 Å². The molecule has 0 N–H and O–H groups in total. The molecule has 0 atom stereocenters. The average Bonchev–Trinajstić information content (AvgIpc) is 2.34. The van der Waals surface area contributed by atoms with Crippen molar-refractivity contribution in [1.82, 2.24) is 4.90 Å². The van der Waals surface area contributed by atoms with Crippen LogP contribution < -0.4 is 0 Å². The summed E-state index contributed by atoms with van der Waals surface area (Å²) in [6.07, 6.45) is 1.55. The molecule has 0 saturated carbocycles. The third-order valence-electron chi connectivity index (χ3n) is 2.30. The smallest absolute Gasteiger partial charge is 0.222 e. The van der Waals surface area contributed by atoms with Crippen LogP contribution >= 0.6 is 0 Å². The van der Waals surface area contributed by atoms with Gasteiger partial charge in [0, 0.05) is 39.8 Å². The van der Waals surface area contributed by atoms with Gasteiger partial charge in [-0.1, -0.05) is 0 Å². The Balaban J connectivity index is 3.90. The van der Waals surface area contributed by atoms with Crippen LogP contribution in [0.4, 0.5) is 0 Å². The van der Waals surface area contributed by atoms with Gasteiger partial charge < -0.3 is 14.4 Å². The number of amides is 1. The molecule has 0 aliphatic heterocycles. The Hall–Kier alpha value is -1.12. The summed E-state index contributed by atoms with van der Waals surface area (Å²) in [5, 5.41) is 8.53. The fraction of sp³-hybridized carbons (Fsp3) is 0.833. The van der Waals surface area contributed by atoms with Gasteiger partial charge in [0.15, 0.2) is 0 Å². The molecule has 0 aliphatic carbocycles. The van der Waals surface area contributed by atoms with Crippen LogP contribution in [-0.2, 0) is 14.3 Å². The van der Waals surface area contributed by atoms with Crippen molar-refractivity contribution in [2.24, 2.45) is 0 Å². The summed E-state index contributed by atoms with van der Waals surface area (Å²) < 4.78 is 10.1. The Morgan fingerprint density at radius 3 is 2.71 bits per heavy atom. The molecule has 17 heavy (non-hydrogen) atoms. The lowest BCUT2D eigenvalue weighted by atomic mass is 10.2. The number of methoxy groups -OCH3 is 1. The first-order chi connectivity index (χ1) is 8.26. The minimum absolute atomic E-state index is 0.0667. The largest absolute Gasteiger partial charge is 0.383 e. The molecule has 0 bridgehead atoms. The molecule has 0 unspecified atom stereocenters. The number of nitrogens with zero attached hydrogens (tertiary/aromatic N) is 2. The third-order valence-corrected chi connectivity index (χ3v) is 2.30. The van der Waals surface area contributed by atoms with Crippen LogP contribution in [0.2, 0.25) is 0 Å². The van der Waals surface area contributed by atoms with Gasteiger partial charge in [-0.15, -0.1) is 0 Å². The highest BCUT2D eigenvalue weighted by atomic mass is 16.5. The zero-order valence-corrected chi connectivity index (χ0v) is 10.8. The number of nitriles is 1. The fourth-order valence-corrected chi connectivity index (χ4v) is 1.38. The zero-order valence-electron chi connectivity index (χ0n) is 10.8. The van der Waals surface area contributed by atoms with Crippen molar-refractivity contribution in [3.8, 4) is 6.07 Å². The monoisotopic (exact) mass is 242 g/mol. The summed E-state index contributed by atoms with van der Waals surface area (Å²) in [5.74, 6) is 0.0667. The number of ether oxygens (including phenoxy) is 2. The molecular weight excluding hydrogens is 220 g/mol. The zero-order chi connectivity index (χ0) is 12.9. The molecule has 0 spiro atoms. The van der Waals surface area contributed by atoms with E-state index in [9.17, 15) is 4.79 Å². The number of hydrogen-bond acceptors (Lipinski definition) is 4.